The molecule has 1 aromatic rings. The summed E-state index contributed by atoms with van der Waals surface area (Å²) in [6.45, 7) is 6.66. The number of methoxy groups -OCH3 is 1. The minimum absolute atomic E-state index is 0. The molecule has 1 aliphatic carbocycles. The van der Waals surface area contributed by atoms with Crippen LogP contribution in [0.4, 0.5) is 4.79 Å². The van der Waals surface area contributed by atoms with E-state index in [1.807, 2.05) is 12.1 Å². The van der Waals surface area contributed by atoms with Crippen LogP contribution in [0.1, 0.15) is 51.2 Å². The van der Waals surface area contributed by atoms with Crippen molar-refractivity contribution in [3.8, 4) is 11.5 Å². The first kappa shape index (κ1) is 28.1. The molecule has 1 amide bonds. The molecule has 0 bridgehead atoms. The van der Waals surface area contributed by atoms with Crippen LogP contribution in [0.5, 0.6) is 11.5 Å². The summed E-state index contributed by atoms with van der Waals surface area (Å²) >= 11 is 0. The maximum Gasteiger partial charge on any atom is 0.408 e. The van der Waals surface area contributed by atoms with Crippen molar-refractivity contribution >= 4 is 24.5 Å². The van der Waals surface area contributed by atoms with Crippen molar-refractivity contribution in [3.63, 3.8) is 0 Å². The van der Waals surface area contributed by atoms with Gasteiger partial charge in [-0.15, -0.1) is 12.4 Å². The van der Waals surface area contributed by atoms with Crippen LogP contribution in [0, 0.1) is 0 Å². The Bertz CT molecular complexity index is 1020. The van der Waals surface area contributed by atoms with Gasteiger partial charge in [0.1, 0.15) is 24.8 Å². The van der Waals surface area contributed by atoms with Crippen molar-refractivity contribution < 1.29 is 38.1 Å². The molecule has 1 aromatic carbocycles. The number of nitrogens with one attached hydrogen (secondary N) is 1. The Hall–Kier alpha value is -2.49. The van der Waals surface area contributed by atoms with E-state index >= 15 is 0 Å². The summed E-state index contributed by atoms with van der Waals surface area (Å²) in [5, 5.41) is 12.7. The second-order valence-corrected chi connectivity index (χ2v) is 11.0. The van der Waals surface area contributed by atoms with Crippen molar-refractivity contribution in [2.75, 3.05) is 34.0 Å². The molecule has 0 aromatic heterocycles. The quantitative estimate of drug-likeness (QED) is 0.345. The summed E-state index contributed by atoms with van der Waals surface area (Å²) in [7, 11) is 3.70. The average molecular weight is 526 g/mol. The highest BCUT2D eigenvalue weighted by molar-refractivity contribution is 5.85. The SMILES string of the molecule is COc1ccc2c3c1OC1CC(O)C=CC31CCC[N+](C)(COC(=O)CNC(=O)OC(C)(C)C)C2.Cl. The summed E-state index contributed by atoms with van der Waals surface area (Å²) in [4.78, 5) is 24.2. The van der Waals surface area contributed by atoms with Gasteiger partial charge in [0, 0.05) is 17.5 Å². The topological polar surface area (TPSA) is 103 Å². The highest BCUT2D eigenvalue weighted by Crippen LogP contribution is 2.56. The molecule has 2 heterocycles. The number of aliphatic hydroxyl groups is 1. The average Bonchev–Trinajstić information content (AvgIpc) is 3.09. The number of ether oxygens (including phenoxy) is 4. The molecule has 0 saturated carbocycles. The predicted molar refractivity (Wildman–Crippen MR) is 135 cm³/mol. The van der Waals surface area contributed by atoms with Crippen molar-refractivity contribution in [3.05, 3.63) is 35.4 Å². The van der Waals surface area contributed by atoms with E-state index in [4.69, 9.17) is 18.9 Å². The number of rotatable bonds is 5. The van der Waals surface area contributed by atoms with Crippen LogP contribution in [-0.4, -0.2) is 73.4 Å². The van der Waals surface area contributed by atoms with Gasteiger partial charge in [0.2, 0.25) is 6.73 Å². The van der Waals surface area contributed by atoms with Gasteiger partial charge in [-0.1, -0.05) is 12.2 Å². The zero-order valence-electron chi connectivity index (χ0n) is 21.7. The van der Waals surface area contributed by atoms with Crippen molar-refractivity contribution in [2.24, 2.45) is 0 Å². The molecule has 4 atom stereocenters. The maximum absolute atomic E-state index is 12.3. The molecule has 0 radical (unpaired) electrons. The number of quaternary nitrogens is 1. The van der Waals surface area contributed by atoms with E-state index in [1.54, 1.807) is 27.9 Å². The number of alkyl carbamates (subject to hydrolysis) is 1. The third-order valence-corrected chi connectivity index (χ3v) is 6.95. The molecule has 4 unspecified atom stereocenters. The van der Waals surface area contributed by atoms with E-state index < -0.39 is 23.8 Å². The van der Waals surface area contributed by atoms with Crippen molar-refractivity contribution in [1.82, 2.24) is 5.32 Å². The number of hydrogen-bond acceptors (Lipinski definition) is 7. The first-order valence-corrected chi connectivity index (χ1v) is 12.2. The molecule has 1 spiro atoms. The van der Waals surface area contributed by atoms with E-state index in [1.165, 1.54) is 0 Å². The fourth-order valence-corrected chi connectivity index (χ4v) is 5.42. The molecule has 9 nitrogen and oxygen atoms in total. The number of carbonyl (C=O) groups excluding carboxylic acids is 2. The highest BCUT2D eigenvalue weighted by Gasteiger charge is 2.53. The highest BCUT2D eigenvalue weighted by atomic mass is 35.5. The Morgan fingerprint density at radius 2 is 2.06 bits per heavy atom. The van der Waals surface area contributed by atoms with Crippen LogP contribution in [0.25, 0.3) is 0 Å². The van der Waals surface area contributed by atoms with E-state index in [-0.39, 0.29) is 37.2 Å². The van der Waals surface area contributed by atoms with Gasteiger partial charge in [0.15, 0.2) is 11.5 Å². The third-order valence-electron chi connectivity index (χ3n) is 6.95. The van der Waals surface area contributed by atoms with Crippen LogP contribution in [-0.2, 0) is 26.2 Å². The number of halogens is 1. The van der Waals surface area contributed by atoms with Crippen LogP contribution >= 0.6 is 12.4 Å². The molecule has 4 rings (SSSR count). The third kappa shape index (κ3) is 5.74. The van der Waals surface area contributed by atoms with E-state index in [0.29, 0.717) is 23.2 Å². The fraction of sp³-hybridized carbons (Fsp3) is 0.615. The van der Waals surface area contributed by atoms with Gasteiger partial charge in [-0.25, -0.2) is 9.59 Å². The Balaban J connectivity index is 0.00000361. The monoisotopic (exact) mass is 525 g/mol. The van der Waals surface area contributed by atoms with Gasteiger partial charge in [-0.2, -0.15) is 0 Å². The number of nitrogens with zero attached hydrogens (tertiary/aromatic N) is 1. The Kier molecular flexibility index (Phi) is 8.17. The molecule has 36 heavy (non-hydrogen) atoms. The van der Waals surface area contributed by atoms with E-state index in [0.717, 1.165) is 36.3 Å². The van der Waals surface area contributed by atoms with Gasteiger partial charge >= 0.3 is 12.1 Å². The van der Waals surface area contributed by atoms with Gasteiger partial charge < -0.3 is 29.4 Å². The fourth-order valence-electron chi connectivity index (χ4n) is 5.42. The lowest BCUT2D eigenvalue weighted by molar-refractivity contribution is -0.938. The van der Waals surface area contributed by atoms with Crippen LogP contribution in [0.15, 0.2) is 24.3 Å². The number of hydrogen-bond donors (Lipinski definition) is 2. The molecule has 2 aliphatic heterocycles. The van der Waals surface area contributed by atoms with Gasteiger partial charge in [-0.05, 0) is 45.7 Å². The van der Waals surface area contributed by atoms with Crippen molar-refractivity contribution in [1.29, 1.82) is 0 Å². The number of aliphatic hydroxyl groups excluding tert-OH is 1. The van der Waals surface area contributed by atoms with Crippen LogP contribution in [0.3, 0.4) is 0 Å². The van der Waals surface area contributed by atoms with Gasteiger partial charge in [-0.3, -0.25) is 4.48 Å². The predicted octanol–water partition coefficient (Wildman–Crippen LogP) is 3.20. The minimum Gasteiger partial charge on any atom is -0.493 e. The normalized spacial score (nSPS) is 28.3. The van der Waals surface area contributed by atoms with Crippen LogP contribution < -0.4 is 14.8 Å². The summed E-state index contributed by atoms with van der Waals surface area (Å²) in [6.07, 6.45) is 4.99. The largest absolute Gasteiger partial charge is 0.493 e. The number of benzene rings is 1. The number of amides is 1. The molecule has 0 saturated heterocycles. The molecular weight excluding hydrogens is 488 g/mol. The standard InChI is InChI=1S/C26H36N2O7.ClH/c1-25(2,3)35-24(31)27-14-21(30)33-16-28(4)12-6-10-26-11-9-18(29)13-20(26)34-23-19(32-5)8-7-17(15-28)22(23)26;/h7-9,11,18,20,29H,6,10,12-16H2,1-5H3;1H/p+1. The zero-order chi connectivity index (χ0) is 25.4. The Morgan fingerprint density at radius 1 is 1.31 bits per heavy atom. The summed E-state index contributed by atoms with van der Waals surface area (Å²) < 4.78 is 23.3. The molecule has 0 fully saturated rings. The number of carbonyl (C=O) groups is 2. The van der Waals surface area contributed by atoms with Gasteiger partial charge in [0.25, 0.3) is 0 Å². The second kappa shape index (κ2) is 10.5. The summed E-state index contributed by atoms with van der Waals surface area (Å²) in [5.41, 5.74) is 1.31. The van der Waals surface area contributed by atoms with E-state index in [2.05, 4.69) is 24.5 Å². The van der Waals surface area contributed by atoms with Crippen molar-refractivity contribution in [2.45, 2.75) is 69.8 Å². The van der Waals surface area contributed by atoms with Crippen LogP contribution in [0.2, 0.25) is 0 Å². The smallest absolute Gasteiger partial charge is 0.408 e. The molecule has 3 aliphatic rings. The molecular formula is C26H38ClN2O7+. The first-order chi connectivity index (χ1) is 16.4. The van der Waals surface area contributed by atoms with E-state index in [9.17, 15) is 14.7 Å². The number of esters is 1. The Morgan fingerprint density at radius 3 is 2.75 bits per heavy atom. The summed E-state index contributed by atoms with van der Waals surface area (Å²) in [5.74, 6) is 0.928. The lowest BCUT2D eigenvalue weighted by Crippen LogP contribution is -2.50. The molecule has 200 valence electrons. The Labute approximate surface area is 218 Å². The lowest BCUT2D eigenvalue weighted by Gasteiger charge is -2.41. The minimum atomic E-state index is -0.652. The second-order valence-electron chi connectivity index (χ2n) is 11.0. The first-order valence-electron chi connectivity index (χ1n) is 12.2. The molecule has 10 heteroatoms. The molecule has 2 N–H and O–H groups in total. The lowest BCUT2D eigenvalue weighted by atomic mass is 9.67. The van der Waals surface area contributed by atoms with Gasteiger partial charge in [0.05, 0.1) is 32.2 Å². The zero-order valence-corrected chi connectivity index (χ0v) is 22.5. The maximum atomic E-state index is 12.3. The summed E-state index contributed by atoms with van der Waals surface area (Å²) in [6, 6.07) is 3.99.